The predicted octanol–water partition coefficient (Wildman–Crippen LogP) is 2.33. The number of para-hydroxylation sites is 1. The minimum absolute atomic E-state index is 0.671. The van der Waals surface area contributed by atoms with E-state index in [0.29, 0.717) is 6.73 Å². The summed E-state index contributed by atoms with van der Waals surface area (Å²) in [6.07, 6.45) is 1.91. The average molecular weight is 189 g/mol. The molecule has 2 rings (SSSR count). The number of ether oxygens (including phenoxy) is 1. The first-order chi connectivity index (χ1) is 6.81. The van der Waals surface area contributed by atoms with Crippen LogP contribution >= 0.6 is 0 Å². The van der Waals surface area contributed by atoms with Crippen molar-refractivity contribution in [3.63, 3.8) is 0 Å². The zero-order chi connectivity index (χ0) is 9.97. The van der Waals surface area contributed by atoms with Gasteiger partial charge in [-0.15, -0.1) is 6.58 Å². The molecule has 0 fully saturated rings. The number of aryl methyl sites for hydroxylation is 1. The molecule has 0 N–H and O–H groups in total. The summed E-state index contributed by atoms with van der Waals surface area (Å²) in [6.45, 7) is 8.33. The van der Waals surface area contributed by atoms with Gasteiger partial charge in [0.25, 0.3) is 0 Å². The van der Waals surface area contributed by atoms with Crippen LogP contribution in [0.4, 0.5) is 0 Å². The van der Waals surface area contributed by atoms with Gasteiger partial charge in [0, 0.05) is 18.7 Å². The topological polar surface area (TPSA) is 12.5 Å². The summed E-state index contributed by atoms with van der Waals surface area (Å²) < 4.78 is 5.70. The molecule has 0 radical (unpaired) electrons. The molecule has 1 aromatic carbocycles. The van der Waals surface area contributed by atoms with E-state index in [1.54, 1.807) is 0 Å². The molecule has 0 bridgehead atoms. The van der Waals surface area contributed by atoms with E-state index in [-0.39, 0.29) is 0 Å². The van der Waals surface area contributed by atoms with E-state index in [4.69, 9.17) is 4.74 Å². The summed E-state index contributed by atoms with van der Waals surface area (Å²) in [5.41, 5.74) is 2.50. The fraction of sp³-hybridized carbons (Fsp3) is 0.333. The highest BCUT2D eigenvalue weighted by atomic mass is 16.5. The smallest absolute Gasteiger partial charge is 0.142 e. The number of fused-ring (bicyclic) bond motifs is 1. The molecule has 0 aliphatic carbocycles. The summed E-state index contributed by atoms with van der Waals surface area (Å²) in [7, 11) is 0. The van der Waals surface area contributed by atoms with E-state index in [1.165, 1.54) is 11.1 Å². The predicted molar refractivity (Wildman–Crippen MR) is 57.3 cm³/mol. The minimum Gasteiger partial charge on any atom is -0.478 e. The number of benzene rings is 1. The maximum Gasteiger partial charge on any atom is 0.142 e. The minimum atomic E-state index is 0.671. The van der Waals surface area contributed by atoms with Crippen LogP contribution in [-0.2, 0) is 6.54 Å². The van der Waals surface area contributed by atoms with E-state index in [1.807, 2.05) is 6.08 Å². The van der Waals surface area contributed by atoms with Gasteiger partial charge in [0.1, 0.15) is 12.5 Å². The highest BCUT2D eigenvalue weighted by molar-refractivity contribution is 5.41. The molecule has 0 aromatic heterocycles. The van der Waals surface area contributed by atoms with E-state index in [0.717, 1.165) is 18.8 Å². The summed E-state index contributed by atoms with van der Waals surface area (Å²) in [4.78, 5) is 2.22. The summed E-state index contributed by atoms with van der Waals surface area (Å²) in [5.74, 6) is 1.06. The first-order valence-electron chi connectivity index (χ1n) is 4.86. The molecule has 2 heteroatoms. The lowest BCUT2D eigenvalue weighted by Crippen LogP contribution is -2.32. The fourth-order valence-corrected chi connectivity index (χ4v) is 1.79. The number of hydrogen-bond donors (Lipinski definition) is 0. The van der Waals surface area contributed by atoms with Gasteiger partial charge >= 0.3 is 0 Å². The van der Waals surface area contributed by atoms with E-state index in [2.05, 4.69) is 36.6 Å². The quantitative estimate of drug-likeness (QED) is 0.662. The maximum absolute atomic E-state index is 5.70. The van der Waals surface area contributed by atoms with Gasteiger partial charge < -0.3 is 4.74 Å². The highest BCUT2D eigenvalue weighted by Gasteiger charge is 2.16. The van der Waals surface area contributed by atoms with Gasteiger partial charge in [-0.1, -0.05) is 24.3 Å². The molecule has 14 heavy (non-hydrogen) atoms. The SMILES string of the molecule is C=CCN1COc2c(C)cccc2C1. The molecule has 1 aliphatic rings. The van der Waals surface area contributed by atoms with Crippen LogP contribution in [0.3, 0.4) is 0 Å². The van der Waals surface area contributed by atoms with Gasteiger partial charge in [0.2, 0.25) is 0 Å². The Hall–Kier alpha value is -1.28. The molecule has 1 heterocycles. The Morgan fingerprint density at radius 2 is 2.43 bits per heavy atom. The third-order valence-corrected chi connectivity index (χ3v) is 2.47. The Morgan fingerprint density at radius 3 is 3.21 bits per heavy atom. The van der Waals surface area contributed by atoms with E-state index in [9.17, 15) is 0 Å². The fourth-order valence-electron chi connectivity index (χ4n) is 1.79. The van der Waals surface area contributed by atoms with Crippen molar-refractivity contribution in [3.8, 4) is 5.75 Å². The van der Waals surface area contributed by atoms with Crippen LogP contribution in [0.1, 0.15) is 11.1 Å². The normalized spacial score (nSPS) is 15.8. The van der Waals surface area contributed by atoms with Crippen LogP contribution in [0.5, 0.6) is 5.75 Å². The van der Waals surface area contributed by atoms with Gasteiger partial charge in [0.05, 0.1) is 0 Å². The second-order valence-corrected chi connectivity index (χ2v) is 3.64. The summed E-state index contributed by atoms with van der Waals surface area (Å²) in [6, 6.07) is 6.29. The van der Waals surface area contributed by atoms with E-state index >= 15 is 0 Å². The van der Waals surface area contributed by atoms with Gasteiger partial charge in [-0.25, -0.2) is 0 Å². The van der Waals surface area contributed by atoms with Crippen molar-refractivity contribution in [3.05, 3.63) is 42.0 Å². The van der Waals surface area contributed by atoms with Crippen molar-refractivity contribution in [2.24, 2.45) is 0 Å². The zero-order valence-corrected chi connectivity index (χ0v) is 8.49. The summed E-state index contributed by atoms with van der Waals surface area (Å²) >= 11 is 0. The van der Waals surface area contributed by atoms with Crippen LogP contribution < -0.4 is 4.74 Å². The lowest BCUT2D eigenvalue weighted by atomic mass is 10.1. The Morgan fingerprint density at radius 1 is 1.57 bits per heavy atom. The first-order valence-corrected chi connectivity index (χ1v) is 4.86. The molecule has 2 nitrogen and oxygen atoms in total. The maximum atomic E-state index is 5.70. The molecular weight excluding hydrogens is 174 g/mol. The zero-order valence-electron chi connectivity index (χ0n) is 8.49. The third kappa shape index (κ3) is 1.66. The lowest BCUT2D eigenvalue weighted by molar-refractivity contribution is 0.106. The number of nitrogens with zero attached hydrogens (tertiary/aromatic N) is 1. The molecule has 0 unspecified atom stereocenters. The molecule has 74 valence electrons. The van der Waals surface area contributed by atoms with Gasteiger partial charge in [-0.3, -0.25) is 4.90 Å². The highest BCUT2D eigenvalue weighted by Crippen LogP contribution is 2.27. The first kappa shape index (κ1) is 9.28. The van der Waals surface area contributed by atoms with Crippen molar-refractivity contribution < 1.29 is 4.74 Å². The van der Waals surface area contributed by atoms with Gasteiger partial charge in [-0.05, 0) is 12.5 Å². The Balaban J connectivity index is 2.22. The Kier molecular flexibility index (Phi) is 2.55. The van der Waals surface area contributed by atoms with Crippen LogP contribution in [-0.4, -0.2) is 18.2 Å². The lowest BCUT2D eigenvalue weighted by Gasteiger charge is -2.28. The molecule has 1 aromatic rings. The molecule has 0 saturated carbocycles. The largest absolute Gasteiger partial charge is 0.478 e. The molecule has 0 saturated heterocycles. The van der Waals surface area contributed by atoms with Crippen molar-refractivity contribution in [2.75, 3.05) is 13.3 Å². The van der Waals surface area contributed by atoms with Crippen LogP contribution in [0.25, 0.3) is 0 Å². The van der Waals surface area contributed by atoms with Crippen molar-refractivity contribution in [1.29, 1.82) is 0 Å². The van der Waals surface area contributed by atoms with Crippen LogP contribution in [0, 0.1) is 6.92 Å². The average Bonchev–Trinajstić information content (AvgIpc) is 2.18. The van der Waals surface area contributed by atoms with Crippen LogP contribution in [0.2, 0.25) is 0 Å². The second kappa shape index (κ2) is 3.84. The summed E-state index contributed by atoms with van der Waals surface area (Å²) in [5, 5.41) is 0. The van der Waals surface area contributed by atoms with Gasteiger partial charge in [-0.2, -0.15) is 0 Å². The number of hydrogen-bond acceptors (Lipinski definition) is 2. The number of rotatable bonds is 2. The van der Waals surface area contributed by atoms with Crippen molar-refractivity contribution >= 4 is 0 Å². The van der Waals surface area contributed by atoms with Crippen LogP contribution in [0.15, 0.2) is 30.9 Å². The van der Waals surface area contributed by atoms with Crippen molar-refractivity contribution in [2.45, 2.75) is 13.5 Å². The van der Waals surface area contributed by atoms with Gasteiger partial charge in [0.15, 0.2) is 0 Å². The Labute approximate surface area is 84.8 Å². The second-order valence-electron chi connectivity index (χ2n) is 3.64. The molecule has 0 spiro atoms. The molecule has 0 atom stereocenters. The molecule has 0 amide bonds. The molecular formula is C12H15NO. The molecule has 1 aliphatic heterocycles. The third-order valence-electron chi connectivity index (χ3n) is 2.47. The monoisotopic (exact) mass is 189 g/mol. The standard InChI is InChI=1S/C12H15NO/c1-3-7-13-8-11-6-4-5-10(2)12(11)14-9-13/h3-6H,1,7-9H2,2H3. The Bertz CT molecular complexity index is 346. The van der Waals surface area contributed by atoms with Crippen molar-refractivity contribution in [1.82, 2.24) is 4.90 Å². The van der Waals surface area contributed by atoms with E-state index < -0.39 is 0 Å².